The molecule has 0 radical (unpaired) electrons. The molecule has 0 fully saturated rings. The van der Waals surface area contributed by atoms with E-state index in [4.69, 9.17) is 15.3 Å². The third-order valence-electron chi connectivity index (χ3n) is 3.31. The van der Waals surface area contributed by atoms with E-state index in [1.54, 1.807) is 25.6 Å². The number of hydrogen-bond acceptors (Lipinski definition) is 6. The number of aromatic nitrogens is 1. The number of aryl methyl sites for hydroxylation is 2. The first-order chi connectivity index (χ1) is 10.3. The summed E-state index contributed by atoms with van der Waals surface area (Å²) in [5, 5.41) is 0.743. The fraction of sp³-hybridized carbons (Fsp3) is 0.400. The van der Waals surface area contributed by atoms with Crippen molar-refractivity contribution in [3.05, 3.63) is 22.6 Å². The molecule has 1 aromatic heterocycles. The number of anilines is 1. The van der Waals surface area contributed by atoms with Gasteiger partial charge >= 0.3 is 0 Å². The second-order valence-corrected chi connectivity index (χ2v) is 5.38. The lowest BCUT2D eigenvalue weighted by Crippen LogP contribution is -2.06. The van der Waals surface area contributed by atoms with E-state index < -0.39 is 0 Å². The third kappa shape index (κ3) is 2.82. The third-order valence-corrected chi connectivity index (χ3v) is 4.35. The topological polar surface area (TPSA) is 69.4 Å². The molecular formula is C15H21N3O2S. The molecule has 1 heterocycles. The van der Waals surface area contributed by atoms with Crippen LogP contribution in [0.5, 0.6) is 11.5 Å². The molecule has 1 aliphatic rings. The van der Waals surface area contributed by atoms with E-state index in [0.29, 0.717) is 0 Å². The molecule has 21 heavy (non-hydrogen) atoms. The van der Waals surface area contributed by atoms with Crippen molar-refractivity contribution in [1.82, 2.24) is 4.98 Å². The molecule has 114 valence electrons. The van der Waals surface area contributed by atoms with Gasteiger partial charge in [0.15, 0.2) is 16.6 Å². The van der Waals surface area contributed by atoms with Crippen LogP contribution in [0, 0.1) is 0 Å². The number of nitrogen functional groups attached to an aromatic ring is 1. The molecule has 6 heteroatoms. The lowest BCUT2D eigenvalue weighted by Gasteiger charge is -2.18. The van der Waals surface area contributed by atoms with E-state index in [1.165, 1.54) is 10.4 Å². The molecule has 0 saturated heterocycles. The van der Waals surface area contributed by atoms with Crippen LogP contribution in [-0.2, 0) is 12.8 Å². The van der Waals surface area contributed by atoms with Crippen LogP contribution < -0.4 is 20.7 Å². The van der Waals surface area contributed by atoms with E-state index in [9.17, 15) is 0 Å². The number of nitrogens with zero attached hydrogens (tertiary/aromatic N) is 1. The van der Waals surface area contributed by atoms with Crippen molar-refractivity contribution in [3.8, 4) is 22.8 Å². The summed E-state index contributed by atoms with van der Waals surface area (Å²) in [5.41, 5.74) is 5.96. The monoisotopic (exact) mass is 307 g/mol. The summed E-state index contributed by atoms with van der Waals surface area (Å²) in [5.74, 6) is 6.92. The van der Waals surface area contributed by atoms with Crippen LogP contribution in [0.25, 0.3) is 11.3 Å². The van der Waals surface area contributed by atoms with Gasteiger partial charge in [0.1, 0.15) is 0 Å². The molecule has 0 atom stereocenters. The van der Waals surface area contributed by atoms with Crippen LogP contribution in [0.15, 0.2) is 12.1 Å². The van der Waals surface area contributed by atoms with Crippen molar-refractivity contribution in [3.63, 3.8) is 0 Å². The highest BCUT2D eigenvalue weighted by Gasteiger charge is 2.23. The number of fused-ring (bicyclic) bond motifs is 3. The fourth-order valence-corrected chi connectivity index (χ4v) is 3.28. The number of hydrazine groups is 1. The minimum absolute atomic E-state index is 0.726. The zero-order valence-electron chi connectivity index (χ0n) is 12.8. The summed E-state index contributed by atoms with van der Waals surface area (Å²) in [6.07, 6.45) is 1.96. The lowest BCUT2D eigenvalue weighted by atomic mass is 9.93. The normalized spacial score (nSPS) is 11.7. The molecule has 3 rings (SSSR count). The Morgan fingerprint density at radius 1 is 1.14 bits per heavy atom. The minimum atomic E-state index is 0.726. The van der Waals surface area contributed by atoms with Gasteiger partial charge in [-0.05, 0) is 30.5 Å². The summed E-state index contributed by atoms with van der Waals surface area (Å²) >= 11 is 1.60. The molecule has 5 nitrogen and oxygen atoms in total. The molecule has 0 spiro atoms. The molecule has 0 bridgehead atoms. The highest BCUT2D eigenvalue weighted by Crippen LogP contribution is 2.42. The highest BCUT2D eigenvalue weighted by molar-refractivity contribution is 7.16. The SMILES string of the molecule is CC.COc1cc2c(cc1OC)-c1nc(NN)sc1CC2. The smallest absolute Gasteiger partial charge is 0.197 e. The number of rotatable bonds is 3. The minimum Gasteiger partial charge on any atom is -0.493 e. The van der Waals surface area contributed by atoms with Gasteiger partial charge in [0.05, 0.1) is 19.9 Å². The van der Waals surface area contributed by atoms with Gasteiger partial charge in [0.2, 0.25) is 0 Å². The van der Waals surface area contributed by atoms with Gasteiger partial charge in [0.25, 0.3) is 0 Å². The van der Waals surface area contributed by atoms with Crippen LogP contribution >= 0.6 is 11.3 Å². The Bertz CT molecular complexity index is 626. The second kappa shape index (κ2) is 6.78. The zero-order chi connectivity index (χ0) is 15.4. The Hall–Kier alpha value is -1.79. The maximum absolute atomic E-state index is 5.44. The maximum Gasteiger partial charge on any atom is 0.197 e. The van der Waals surface area contributed by atoms with Gasteiger partial charge in [0, 0.05) is 10.4 Å². The van der Waals surface area contributed by atoms with E-state index in [-0.39, 0.29) is 0 Å². The van der Waals surface area contributed by atoms with Crippen LogP contribution in [0.1, 0.15) is 24.3 Å². The number of nitrogens with one attached hydrogen (secondary N) is 1. The highest BCUT2D eigenvalue weighted by atomic mass is 32.1. The van der Waals surface area contributed by atoms with Crippen LogP contribution in [0.3, 0.4) is 0 Å². The van der Waals surface area contributed by atoms with E-state index >= 15 is 0 Å². The van der Waals surface area contributed by atoms with E-state index in [1.807, 2.05) is 26.0 Å². The number of ether oxygens (including phenoxy) is 2. The van der Waals surface area contributed by atoms with Gasteiger partial charge in [-0.25, -0.2) is 10.8 Å². The van der Waals surface area contributed by atoms with E-state index in [0.717, 1.165) is 40.7 Å². The number of nitrogens with two attached hydrogens (primary N) is 1. The van der Waals surface area contributed by atoms with Crippen LogP contribution in [-0.4, -0.2) is 19.2 Å². The molecule has 0 unspecified atom stereocenters. The maximum atomic E-state index is 5.44. The zero-order valence-corrected chi connectivity index (χ0v) is 13.6. The summed E-state index contributed by atoms with van der Waals surface area (Å²) in [6, 6.07) is 4.03. The van der Waals surface area contributed by atoms with Crippen molar-refractivity contribution < 1.29 is 9.47 Å². The molecule has 3 N–H and O–H groups in total. The average molecular weight is 307 g/mol. The van der Waals surface area contributed by atoms with Crippen molar-refractivity contribution in [1.29, 1.82) is 0 Å². The van der Waals surface area contributed by atoms with Crippen molar-refractivity contribution in [2.75, 3.05) is 19.6 Å². The first kappa shape index (κ1) is 15.6. The summed E-state index contributed by atoms with van der Waals surface area (Å²) < 4.78 is 10.7. The Labute approximate surface area is 129 Å². The molecule has 2 aromatic rings. The number of methoxy groups -OCH3 is 2. The summed E-state index contributed by atoms with van der Waals surface area (Å²) in [7, 11) is 3.29. The van der Waals surface area contributed by atoms with Crippen LogP contribution in [0.4, 0.5) is 5.13 Å². The van der Waals surface area contributed by atoms with Gasteiger partial charge in [-0.2, -0.15) is 0 Å². The Morgan fingerprint density at radius 2 is 1.81 bits per heavy atom. The van der Waals surface area contributed by atoms with Crippen molar-refractivity contribution in [2.45, 2.75) is 26.7 Å². The Balaban J connectivity index is 0.000000774. The number of thiazole rings is 1. The Kier molecular flexibility index (Phi) is 5.03. The van der Waals surface area contributed by atoms with Gasteiger partial charge < -0.3 is 9.47 Å². The summed E-state index contributed by atoms with van der Waals surface area (Å²) in [6.45, 7) is 4.00. The number of hydrogen-bond donors (Lipinski definition) is 2. The second-order valence-electron chi connectivity index (χ2n) is 4.30. The van der Waals surface area contributed by atoms with Crippen molar-refractivity contribution in [2.24, 2.45) is 5.84 Å². The van der Waals surface area contributed by atoms with Gasteiger partial charge in [-0.3, -0.25) is 5.43 Å². The predicted octanol–water partition coefficient (Wildman–Crippen LogP) is 3.24. The molecule has 0 amide bonds. The molecular weight excluding hydrogens is 286 g/mol. The largest absolute Gasteiger partial charge is 0.493 e. The summed E-state index contributed by atoms with van der Waals surface area (Å²) in [4.78, 5) is 5.78. The Morgan fingerprint density at radius 3 is 2.43 bits per heavy atom. The van der Waals surface area contributed by atoms with Gasteiger partial charge in [-0.1, -0.05) is 13.8 Å². The molecule has 0 saturated carbocycles. The molecule has 0 aliphatic heterocycles. The first-order valence-corrected chi connectivity index (χ1v) is 7.80. The molecule has 1 aliphatic carbocycles. The standard InChI is InChI=1S/C13H15N3O2S.C2H6/c1-17-9-5-7-3-4-11-12(15-13(16-14)19-11)8(7)6-10(9)18-2;1-2/h5-6H,3-4,14H2,1-2H3,(H,15,16);1-2H3. The predicted molar refractivity (Wildman–Crippen MR) is 87.2 cm³/mol. The lowest BCUT2D eigenvalue weighted by molar-refractivity contribution is 0.354. The first-order valence-electron chi connectivity index (χ1n) is 6.98. The fourth-order valence-electron chi connectivity index (χ4n) is 2.39. The molecule has 1 aromatic carbocycles. The average Bonchev–Trinajstić information content (AvgIpc) is 2.99. The van der Waals surface area contributed by atoms with E-state index in [2.05, 4.69) is 10.4 Å². The van der Waals surface area contributed by atoms with Gasteiger partial charge in [-0.15, -0.1) is 11.3 Å². The van der Waals surface area contributed by atoms with Crippen LogP contribution in [0.2, 0.25) is 0 Å². The quantitative estimate of drug-likeness (QED) is 0.673. The van der Waals surface area contributed by atoms with Crippen molar-refractivity contribution >= 4 is 16.5 Å². The number of benzene rings is 1.